The number of hydrogen-bond donors (Lipinski definition) is 0. The fraction of sp³-hybridized carbons (Fsp3) is 0.778. The van der Waals surface area contributed by atoms with Gasteiger partial charge in [0, 0.05) is 0 Å². The lowest BCUT2D eigenvalue weighted by atomic mass is 10.1. The molecule has 0 aliphatic carbocycles. The van der Waals surface area contributed by atoms with E-state index >= 15 is 0 Å². The largest absolute Gasteiger partial charge is 0.457 e. The zero-order valence-electron chi connectivity index (χ0n) is 7.49. The summed E-state index contributed by atoms with van der Waals surface area (Å²) in [6, 6.07) is 0. The summed E-state index contributed by atoms with van der Waals surface area (Å²) in [5.74, 6) is 0. The third-order valence-corrected chi connectivity index (χ3v) is 1.72. The summed E-state index contributed by atoms with van der Waals surface area (Å²) in [7, 11) is 0. The molecular formula is C9H16O3. The van der Waals surface area contributed by atoms with Crippen LogP contribution in [0.5, 0.6) is 0 Å². The van der Waals surface area contributed by atoms with E-state index in [4.69, 9.17) is 0 Å². The van der Waals surface area contributed by atoms with Crippen LogP contribution in [0.25, 0.3) is 0 Å². The quantitative estimate of drug-likeness (QED) is 0.413. The molecule has 0 spiro atoms. The van der Waals surface area contributed by atoms with Crippen LogP contribution < -0.4 is 0 Å². The van der Waals surface area contributed by atoms with E-state index in [-0.39, 0.29) is 0 Å². The molecule has 12 heavy (non-hydrogen) atoms. The average molecular weight is 172 g/mol. The molecule has 0 saturated heterocycles. The molecule has 0 aromatic rings. The monoisotopic (exact) mass is 172 g/mol. The van der Waals surface area contributed by atoms with Crippen molar-refractivity contribution in [3.8, 4) is 0 Å². The zero-order chi connectivity index (χ0) is 9.23. The number of carbonyl (C=O) groups is 2. The summed E-state index contributed by atoms with van der Waals surface area (Å²) >= 11 is 0. The molecule has 0 aliphatic heterocycles. The molecule has 0 amide bonds. The van der Waals surface area contributed by atoms with Crippen molar-refractivity contribution in [3.63, 3.8) is 0 Å². The second-order valence-electron chi connectivity index (χ2n) is 2.76. The van der Waals surface area contributed by atoms with E-state index in [1.807, 2.05) is 0 Å². The number of ether oxygens (including phenoxy) is 1. The Hall–Kier alpha value is -0.860. The lowest BCUT2D eigenvalue weighted by molar-refractivity contribution is -0.139. The molecule has 0 fully saturated rings. The van der Waals surface area contributed by atoms with Crippen molar-refractivity contribution in [1.82, 2.24) is 0 Å². The maximum Gasteiger partial charge on any atom is 0.293 e. The van der Waals surface area contributed by atoms with E-state index in [1.54, 1.807) is 0 Å². The lowest BCUT2D eigenvalue weighted by Crippen LogP contribution is -2.13. The van der Waals surface area contributed by atoms with E-state index in [2.05, 4.69) is 11.7 Å². The Labute approximate surface area is 73.1 Å². The van der Waals surface area contributed by atoms with Crippen LogP contribution in [0.1, 0.15) is 39.0 Å². The first-order chi connectivity index (χ1) is 5.85. The van der Waals surface area contributed by atoms with Crippen molar-refractivity contribution < 1.29 is 14.3 Å². The van der Waals surface area contributed by atoms with Gasteiger partial charge in [-0.1, -0.05) is 26.2 Å². The maximum absolute atomic E-state index is 10.3. The number of aldehydes is 1. The van der Waals surface area contributed by atoms with Crippen LogP contribution in [-0.2, 0) is 14.3 Å². The van der Waals surface area contributed by atoms with E-state index in [0.29, 0.717) is 19.2 Å². The number of rotatable bonds is 8. The number of hydrogen-bond acceptors (Lipinski definition) is 3. The van der Waals surface area contributed by atoms with E-state index in [1.165, 1.54) is 12.8 Å². The van der Waals surface area contributed by atoms with Crippen molar-refractivity contribution in [2.24, 2.45) is 0 Å². The molecule has 0 rings (SSSR count). The molecule has 3 heteroatoms. The smallest absolute Gasteiger partial charge is 0.293 e. The Balaban J connectivity index is 3.31. The van der Waals surface area contributed by atoms with Gasteiger partial charge >= 0.3 is 0 Å². The second kappa shape index (κ2) is 8.24. The lowest BCUT2D eigenvalue weighted by Gasteiger charge is -2.06. The molecular weight excluding hydrogens is 156 g/mol. The summed E-state index contributed by atoms with van der Waals surface area (Å²) in [6.45, 7) is 2.46. The summed E-state index contributed by atoms with van der Waals surface area (Å²) in [6.07, 6.45) is 5.20. The van der Waals surface area contributed by atoms with Crippen LogP contribution >= 0.6 is 0 Å². The molecule has 0 radical (unpaired) electrons. The predicted molar refractivity (Wildman–Crippen MR) is 45.8 cm³/mol. The average Bonchev–Trinajstić information content (AvgIpc) is 2.10. The fourth-order valence-corrected chi connectivity index (χ4v) is 1.01. The van der Waals surface area contributed by atoms with Gasteiger partial charge in [0.1, 0.15) is 0 Å². The first-order valence-corrected chi connectivity index (χ1v) is 4.39. The Bertz CT molecular complexity index is 123. The van der Waals surface area contributed by atoms with Crippen LogP contribution in [0.3, 0.4) is 0 Å². The highest BCUT2D eigenvalue weighted by Gasteiger charge is 2.05. The Morgan fingerprint density at radius 2 is 2.00 bits per heavy atom. The van der Waals surface area contributed by atoms with Gasteiger partial charge in [-0.2, -0.15) is 0 Å². The highest BCUT2D eigenvalue weighted by molar-refractivity contribution is 5.58. The SMILES string of the molecule is CCCCCCC(C=O)OC=O. The molecule has 0 saturated carbocycles. The van der Waals surface area contributed by atoms with Gasteiger partial charge in [-0.05, 0) is 12.8 Å². The van der Waals surface area contributed by atoms with E-state index in [0.717, 1.165) is 12.8 Å². The summed E-state index contributed by atoms with van der Waals surface area (Å²) < 4.78 is 4.52. The van der Waals surface area contributed by atoms with E-state index in [9.17, 15) is 9.59 Å². The second-order valence-corrected chi connectivity index (χ2v) is 2.76. The minimum absolute atomic E-state index is 0.332. The Morgan fingerprint density at radius 3 is 2.50 bits per heavy atom. The van der Waals surface area contributed by atoms with Crippen LogP contribution in [0.4, 0.5) is 0 Å². The first-order valence-electron chi connectivity index (χ1n) is 4.39. The predicted octanol–water partition coefficient (Wildman–Crippen LogP) is 1.70. The molecule has 3 nitrogen and oxygen atoms in total. The van der Waals surface area contributed by atoms with Gasteiger partial charge in [-0.3, -0.25) is 9.59 Å². The highest BCUT2D eigenvalue weighted by Crippen LogP contribution is 2.05. The van der Waals surface area contributed by atoms with Crippen molar-refractivity contribution in [3.05, 3.63) is 0 Å². The molecule has 0 bridgehead atoms. The molecule has 0 aliphatic rings. The van der Waals surface area contributed by atoms with Gasteiger partial charge in [0.05, 0.1) is 0 Å². The third kappa shape index (κ3) is 5.89. The first kappa shape index (κ1) is 11.1. The number of carbonyl (C=O) groups excluding carboxylic acids is 2. The molecule has 0 aromatic heterocycles. The molecule has 70 valence electrons. The molecule has 1 unspecified atom stereocenters. The van der Waals surface area contributed by atoms with Crippen LogP contribution in [0.15, 0.2) is 0 Å². The minimum Gasteiger partial charge on any atom is -0.457 e. The third-order valence-electron chi connectivity index (χ3n) is 1.72. The van der Waals surface area contributed by atoms with Gasteiger partial charge in [-0.15, -0.1) is 0 Å². The fourth-order valence-electron chi connectivity index (χ4n) is 1.01. The minimum atomic E-state index is -0.528. The van der Waals surface area contributed by atoms with Crippen molar-refractivity contribution >= 4 is 12.8 Å². The zero-order valence-corrected chi connectivity index (χ0v) is 7.49. The molecule has 0 heterocycles. The van der Waals surface area contributed by atoms with E-state index < -0.39 is 6.10 Å². The van der Waals surface area contributed by atoms with Gasteiger partial charge < -0.3 is 4.74 Å². The Kier molecular flexibility index (Phi) is 7.65. The van der Waals surface area contributed by atoms with Crippen molar-refractivity contribution in [2.75, 3.05) is 0 Å². The topological polar surface area (TPSA) is 43.4 Å². The molecule has 0 N–H and O–H groups in total. The van der Waals surface area contributed by atoms with Gasteiger partial charge in [0.15, 0.2) is 12.4 Å². The van der Waals surface area contributed by atoms with Gasteiger partial charge in [-0.25, -0.2) is 0 Å². The summed E-state index contributed by atoms with van der Waals surface area (Å²) in [4.78, 5) is 20.2. The summed E-state index contributed by atoms with van der Waals surface area (Å²) in [5.41, 5.74) is 0. The van der Waals surface area contributed by atoms with Gasteiger partial charge in [0.25, 0.3) is 6.47 Å². The van der Waals surface area contributed by atoms with Crippen molar-refractivity contribution in [2.45, 2.75) is 45.1 Å². The molecule has 0 aromatic carbocycles. The van der Waals surface area contributed by atoms with Crippen LogP contribution in [0.2, 0.25) is 0 Å². The maximum atomic E-state index is 10.3. The Morgan fingerprint density at radius 1 is 1.25 bits per heavy atom. The van der Waals surface area contributed by atoms with Crippen LogP contribution in [-0.4, -0.2) is 18.9 Å². The molecule has 1 atom stereocenters. The highest BCUT2D eigenvalue weighted by atomic mass is 16.5. The number of unbranched alkanes of at least 4 members (excludes halogenated alkanes) is 3. The summed E-state index contributed by atoms with van der Waals surface area (Å²) in [5, 5.41) is 0. The van der Waals surface area contributed by atoms with Crippen molar-refractivity contribution in [1.29, 1.82) is 0 Å². The normalized spacial score (nSPS) is 12.1. The standard InChI is InChI=1S/C9H16O3/c1-2-3-4-5-6-9(7-10)12-8-11/h7-9H,2-6H2,1H3. The van der Waals surface area contributed by atoms with Gasteiger partial charge in [0.2, 0.25) is 0 Å². The van der Waals surface area contributed by atoms with Crippen LogP contribution in [0, 0.1) is 0 Å².